The van der Waals surface area contributed by atoms with E-state index in [1.807, 2.05) is 6.07 Å². The van der Waals surface area contributed by atoms with Gasteiger partial charge in [-0.15, -0.1) is 0 Å². The summed E-state index contributed by atoms with van der Waals surface area (Å²) < 4.78 is 2.18. The van der Waals surface area contributed by atoms with Gasteiger partial charge in [-0.25, -0.2) is 9.97 Å². The number of nitrogens with one attached hydrogen (secondary N) is 1. The van der Waals surface area contributed by atoms with Gasteiger partial charge < -0.3 is 9.88 Å². The second-order valence-corrected chi connectivity index (χ2v) is 4.42. The predicted molar refractivity (Wildman–Crippen MR) is 63.4 cm³/mol. The second kappa shape index (κ2) is 3.87. The second-order valence-electron chi connectivity index (χ2n) is 4.42. The van der Waals surface area contributed by atoms with Gasteiger partial charge in [-0.1, -0.05) is 0 Å². The maximum Gasteiger partial charge on any atom is 0.177 e. The first-order valence-electron chi connectivity index (χ1n) is 5.84. The van der Waals surface area contributed by atoms with Gasteiger partial charge in [-0.2, -0.15) is 0 Å². The zero-order valence-corrected chi connectivity index (χ0v) is 9.48. The number of aryl methyl sites for hydroxylation is 1. The van der Waals surface area contributed by atoms with Gasteiger partial charge in [-0.3, -0.25) is 0 Å². The van der Waals surface area contributed by atoms with Gasteiger partial charge in [0.15, 0.2) is 5.65 Å². The van der Waals surface area contributed by atoms with Crippen molar-refractivity contribution >= 4 is 11.2 Å². The van der Waals surface area contributed by atoms with Gasteiger partial charge >= 0.3 is 0 Å². The molecule has 1 unspecified atom stereocenters. The molecule has 0 aliphatic carbocycles. The number of rotatable bonds is 1. The van der Waals surface area contributed by atoms with E-state index < -0.39 is 0 Å². The average molecular weight is 216 g/mol. The molecule has 0 spiro atoms. The molecular weight excluding hydrogens is 200 g/mol. The van der Waals surface area contributed by atoms with Crippen LogP contribution < -0.4 is 5.32 Å². The number of hydrogen-bond acceptors (Lipinski definition) is 3. The van der Waals surface area contributed by atoms with E-state index in [2.05, 4.69) is 33.0 Å². The van der Waals surface area contributed by atoms with Crippen LogP contribution in [0.2, 0.25) is 0 Å². The molecule has 4 nitrogen and oxygen atoms in total. The van der Waals surface area contributed by atoms with Crippen molar-refractivity contribution in [3.8, 4) is 0 Å². The predicted octanol–water partition coefficient (Wildman–Crippen LogP) is 1.44. The molecule has 1 saturated heterocycles. The lowest BCUT2D eigenvalue weighted by molar-refractivity contribution is 0.440. The highest BCUT2D eigenvalue weighted by atomic mass is 15.1. The van der Waals surface area contributed by atoms with Crippen LogP contribution in [0.4, 0.5) is 0 Å². The van der Waals surface area contributed by atoms with Crippen LogP contribution >= 0.6 is 0 Å². The van der Waals surface area contributed by atoms with E-state index in [1.165, 1.54) is 18.7 Å². The summed E-state index contributed by atoms with van der Waals surface area (Å²) in [5, 5.41) is 3.43. The zero-order chi connectivity index (χ0) is 11.0. The van der Waals surface area contributed by atoms with Crippen LogP contribution in [0, 0.1) is 0 Å². The summed E-state index contributed by atoms with van der Waals surface area (Å²) in [5.41, 5.74) is 1.99. The van der Waals surface area contributed by atoms with E-state index in [-0.39, 0.29) is 0 Å². The number of fused-ring (bicyclic) bond motifs is 1. The lowest BCUT2D eigenvalue weighted by Gasteiger charge is -2.22. The van der Waals surface area contributed by atoms with Crippen LogP contribution in [0.3, 0.4) is 0 Å². The van der Waals surface area contributed by atoms with Gasteiger partial charge in [0.2, 0.25) is 0 Å². The number of nitrogens with zero attached hydrogens (tertiary/aromatic N) is 3. The Morgan fingerprint density at radius 2 is 2.44 bits per heavy atom. The van der Waals surface area contributed by atoms with Gasteiger partial charge in [0.05, 0.1) is 5.52 Å². The Balaban J connectivity index is 2.05. The van der Waals surface area contributed by atoms with Crippen molar-refractivity contribution in [2.45, 2.75) is 18.8 Å². The van der Waals surface area contributed by atoms with Crippen molar-refractivity contribution < 1.29 is 0 Å². The maximum atomic E-state index is 4.65. The first-order valence-corrected chi connectivity index (χ1v) is 5.84. The topological polar surface area (TPSA) is 42.7 Å². The zero-order valence-electron chi connectivity index (χ0n) is 9.48. The third-order valence-corrected chi connectivity index (χ3v) is 3.35. The van der Waals surface area contributed by atoms with Gasteiger partial charge in [0.25, 0.3) is 0 Å². The van der Waals surface area contributed by atoms with Gasteiger partial charge in [0.1, 0.15) is 5.82 Å². The minimum absolute atomic E-state index is 0.535. The molecule has 2 aromatic rings. The molecule has 1 aliphatic heterocycles. The fraction of sp³-hybridized carbons (Fsp3) is 0.500. The molecule has 3 rings (SSSR count). The Kier molecular flexibility index (Phi) is 2.36. The summed E-state index contributed by atoms with van der Waals surface area (Å²) in [7, 11) is 2.08. The third-order valence-electron chi connectivity index (χ3n) is 3.35. The Bertz CT molecular complexity index is 497. The van der Waals surface area contributed by atoms with E-state index in [4.69, 9.17) is 0 Å². The van der Waals surface area contributed by atoms with E-state index in [0.29, 0.717) is 5.92 Å². The van der Waals surface area contributed by atoms with E-state index in [0.717, 1.165) is 24.3 Å². The Labute approximate surface area is 94.7 Å². The van der Waals surface area contributed by atoms with Crippen molar-refractivity contribution in [2.24, 2.45) is 7.05 Å². The summed E-state index contributed by atoms with van der Waals surface area (Å²) in [5.74, 6) is 1.70. The van der Waals surface area contributed by atoms with Crippen LogP contribution in [0.5, 0.6) is 0 Å². The summed E-state index contributed by atoms with van der Waals surface area (Å²) in [4.78, 5) is 8.95. The third kappa shape index (κ3) is 1.50. The molecule has 1 aliphatic rings. The molecule has 1 fully saturated rings. The Morgan fingerprint density at radius 1 is 1.50 bits per heavy atom. The van der Waals surface area contributed by atoms with Crippen molar-refractivity contribution in [2.75, 3.05) is 13.1 Å². The summed E-state index contributed by atoms with van der Waals surface area (Å²) >= 11 is 0. The largest absolute Gasteiger partial charge is 0.329 e. The smallest absolute Gasteiger partial charge is 0.177 e. The van der Waals surface area contributed by atoms with Gasteiger partial charge in [-0.05, 0) is 31.5 Å². The molecule has 0 amide bonds. The van der Waals surface area contributed by atoms with Crippen LogP contribution in [-0.4, -0.2) is 27.6 Å². The minimum atomic E-state index is 0.535. The van der Waals surface area contributed by atoms with Gasteiger partial charge in [0, 0.05) is 25.7 Å². The highest BCUT2D eigenvalue weighted by molar-refractivity contribution is 5.71. The SMILES string of the molecule is Cn1c(C2CCCNC2)nc2ncccc21. The van der Waals surface area contributed by atoms with Crippen molar-refractivity contribution in [3.05, 3.63) is 24.2 Å². The number of imidazole rings is 1. The molecule has 1 atom stereocenters. The van der Waals surface area contributed by atoms with Crippen molar-refractivity contribution in [1.82, 2.24) is 19.9 Å². The van der Waals surface area contributed by atoms with Crippen molar-refractivity contribution in [3.63, 3.8) is 0 Å². The lowest BCUT2D eigenvalue weighted by atomic mass is 9.99. The summed E-state index contributed by atoms with van der Waals surface area (Å²) in [6.07, 6.45) is 4.27. The number of hydrogen-bond donors (Lipinski definition) is 1. The molecule has 0 radical (unpaired) electrons. The monoisotopic (exact) mass is 216 g/mol. The number of piperidine rings is 1. The summed E-state index contributed by atoms with van der Waals surface area (Å²) in [6.45, 7) is 2.18. The first-order chi connectivity index (χ1) is 7.86. The fourth-order valence-electron chi connectivity index (χ4n) is 2.48. The Hall–Kier alpha value is -1.42. The Morgan fingerprint density at radius 3 is 3.19 bits per heavy atom. The van der Waals surface area contributed by atoms with Crippen LogP contribution in [0.15, 0.2) is 18.3 Å². The maximum absolute atomic E-state index is 4.65. The quantitative estimate of drug-likeness (QED) is 0.784. The highest BCUT2D eigenvalue weighted by Crippen LogP contribution is 2.24. The molecule has 4 heteroatoms. The van der Waals surface area contributed by atoms with E-state index >= 15 is 0 Å². The number of aromatic nitrogens is 3. The van der Waals surface area contributed by atoms with E-state index in [1.54, 1.807) is 6.20 Å². The van der Waals surface area contributed by atoms with Crippen LogP contribution in [0.1, 0.15) is 24.6 Å². The molecule has 0 bridgehead atoms. The first kappa shape index (κ1) is 9.78. The fourth-order valence-corrected chi connectivity index (χ4v) is 2.48. The molecule has 0 aromatic carbocycles. The molecule has 0 saturated carbocycles. The highest BCUT2D eigenvalue weighted by Gasteiger charge is 2.20. The van der Waals surface area contributed by atoms with Crippen LogP contribution in [-0.2, 0) is 7.05 Å². The number of pyridine rings is 1. The minimum Gasteiger partial charge on any atom is -0.329 e. The normalized spacial score (nSPS) is 21.4. The molecule has 84 valence electrons. The lowest BCUT2D eigenvalue weighted by Crippen LogP contribution is -2.29. The standard InChI is InChI=1S/C12H16N4/c1-16-10-5-3-7-14-11(10)15-12(16)9-4-2-6-13-8-9/h3,5,7,9,13H,2,4,6,8H2,1H3. The summed E-state index contributed by atoms with van der Waals surface area (Å²) in [6, 6.07) is 4.04. The van der Waals surface area contributed by atoms with Crippen molar-refractivity contribution in [1.29, 1.82) is 0 Å². The molecule has 16 heavy (non-hydrogen) atoms. The molecular formula is C12H16N4. The average Bonchev–Trinajstić information content (AvgIpc) is 2.69. The molecule has 2 aromatic heterocycles. The van der Waals surface area contributed by atoms with Crippen LogP contribution in [0.25, 0.3) is 11.2 Å². The molecule has 1 N–H and O–H groups in total. The van der Waals surface area contributed by atoms with E-state index in [9.17, 15) is 0 Å². The molecule has 3 heterocycles.